The number of aliphatic hydroxyl groups is 1. The fourth-order valence-electron chi connectivity index (χ4n) is 1.47. The minimum absolute atomic E-state index is 0.0871. The molecule has 1 aromatic rings. The lowest BCUT2D eigenvalue weighted by Crippen LogP contribution is -2.27. The predicted octanol–water partition coefficient (Wildman–Crippen LogP) is 3.13. The van der Waals surface area contributed by atoms with Crippen molar-refractivity contribution in [1.29, 1.82) is 0 Å². The molecule has 0 radical (unpaired) electrons. The molecule has 1 aromatic carbocycles. The molecule has 17 heavy (non-hydrogen) atoms. The summed E-state index contributed by atoms with van der Waals surface area (Å²) in [5, 5.41) is 9.06. The molecule has 0 aromatic heterocycles. The highest BCUT2D eigenvalue weighted by Gasteiger charge is 2.47. The van der Waals surface area contributed by atoms with Crippen LogP contribution in [0.2, 0.25) is 0 Å². The van der Waals surface area contributed by atoms with Crippen molar-refractivity contribution < 1.29 is 14.2 Å². The lowest BCUT2D eigenvalue weighted by Gasteiger charge is -2.30. The van der Waals surface area contributed by atoms with E-state index in [1.54, 1.807) is 31.2 Å². The Hall–Kier alpha value is -0.590. The molecular formula is C12H14BrO3P. The number of alkyl halides is 1. The molecule has 1 rings (SSSR count). The molecule has 92 valence electrons. The van der Waals surface area contributed by atoms with Crippen molar-refractivity contribution in [2.45, 2.75) is 12.3 Å². The summed E-state index contributed by atoms with van der Waals surface area (Å²) in [4.78, 5) is 0. The summed E-state index contributed by atoms with van der Waals surface area (Å²) in [5.41, 5.74) is 3.02. The van der Waals surface area contributed by atoms with Crippen LogP contribution in [0.5, 0.6) is 0 Å². The predicted molar refractivity (Wildman–Crippen MR) is 72.2 cm³/mol. The second kappa shape index (κ2) is 5.84. The normalized spacial score (nSPS) is 17.4. The van der Waals surface area contributed by atoms with Crippen LogP contribution in [0.4, 0.5) is 0 Å². The van der Waals surface area contributed by atoms with E-state index in [2.05, 4.69) is 27.5 Å². The first-order valence-electron chi connectivity index (χ1n) is 4.98. The van der Waals surface area contributed by atoms with E-state index in [-0.39, 0.29) is 5.33 Å². The highest BCUT2D eigenvalue weighted by Crippen LogP contribution is 2.62. The van der Waals surface area contributed by atoms with E-state index < -0.39 is 12.7 Å². The van der Waals surface area contributed by atoms with Crippen LogP contribution in [-0.4, -0.2) is 17.5 Å². The van der Waals surface area contributed by atoms with Gasteiger partial charge in [-0.3, -0.25) is 4.57 Å². The zero-order valence-electron chi connectivity index (χ0n) is 9.68. The van der Waals surface area contributed by atoms with E-state index in [0.717, 1.165) is 0 Å². The number of hydrogen-bond acceptors (Lipinski definition) is 3. The fraction of sp³-hybridized carbons (Fsp3) is 0.333. The van der Waals surface area contributed by atoms with Gasteiger partial charge in [-0.2, -0.15) is 0 Å². The minimum Gasteiger partial charge on any atom is -0.374 e. The first-order chi connectivity index (χ1) is 8.04. The maximum Gasteiger partial charge on any atom is 0.309 e. The van der Waals surface area contributed by atoms with Crippen LogP contribution >= 0.6 is 23.3 Å². The molecule has 0 unspecified atom stereocenters. The summed E-state index contributed by atoms with van der Waals surface area (Å²) >= 11 is 3.19. The summed E-state index contributed by atoms with van der Waals surface area (Å²) in [6, 6.07) is 8.75. The molecule has 0 saturated heterocycles. The molecule has 0 aliphatic rings. The fourth-order valence-corrected chi connectivity index (χ4v) is 4.30. The van der Waals surface area contributed by atoms with Crippen molar-refractivity contribution in [2.24, 2.45) is 0 Å². The summed E-state index contributed by atoms with van der Waals surface area (Å²) in [6.07, 6.45) is 0. The zero-order valence-corrected chi connectivity index (χ0v) is 12.2. The second-order valence-corrected chi connectivity index (χ2v) is 6.40. The van der Waals surface area contributed by atoms with Gasteiger partial charge in [0.1, 0.15) is 0 Å². The molecular weight excluding hydrogens is 303 g/mol. The lowest BCUT2D eigenvalue weighted by molar-refractivity contribution is 0.132. The summed E-state index contributed by atoms with van der Waals surface area (Å²) in [6.45, 7) is 1.56. The maximum absolute atomic E-state index is 12.6. The monoisotopic (exact) mass is 316 g/mol. The van der Waals surface area contributed by atoms with Gasteiger partial charge in [0.15, 0.2) is 5.34 Å². The van der Waals surface area contributed by atoms with Gasteiger partial charge < -0.3 is 9.63 Å². The Balaban J connectivity index is 3.38. The average molecular weight is 317 g/mol. The molecule has 3 nitrogen and oxygen atoms in total. The maximum atomic E-state index is 12.6. The van der Waals surface area contributed by atoms with Crippen molar-refractivity contribution >= 4 is 23.3 Å². The van der Waals surface area contributed by atoms with E-state index in [1.807, 2.05) is 6.07 Å². The van der Waals surface area contributed by atoms with Crippen LogP contribution in [0, 0.1) is 11.6 Å². The van der Waals surface area contributed by atoms with Crippen LogP contribution in [0.1, 0.15) is 12.5 Å². The van der Waals surface area contributed by atoms with Crippen molar-refractivity contribution in [2.75, 3.05) is 12.4 Å². The van der Waals surface area contributed by atoms with E-state index in [1.165, 1.54) is 7.11 Å². The Morgan fingerprint density at radius 1 is 1.47 bits per heavy atom. The third-order valence-corrected chi connectivity index (χ3v) is 6.09. The highest BCUT2D eigenvalue weighted by atomic mass is 79.9. The molecule has 0 fully saturated rings. The molecule has 0 aliphatic carbocycles. The molecule has 5 heteroatoms. The van der Waals surface area contributed by atoms with E-state index in [4.69, 9.17) is 4.52 Å². The van der Waals surface area contributed by atoms with E-state index in [0.29, 0.717) is 5.56 Å². The SMILES string of the molecule is CC#C[P@](=O)(OC)[C@@](O)(CBr)c1ccccc1. The third kappa shape index (κ3) is 2.64. The zero-order chi connectivity index (χ0) is 12.9. The van der Waals surface area contributed by atoms with Crippen LogP contribution in [0.15, 0.2) is 30.3 Å². The van der Waals surface area contributed by atoms with Crippen LogP contribution in [-0.2, 0) is 14.4 Å². The van der Waals surface area contributed by atoms with Crippen molar-refractivity contribution in [1.82, 2.24) is 0 Å². The molecule has 0 bridgehead atoms. The van der Waals surface area contributed by atoms with Crippen LogP contribution in [0.3, 0.4) is 0 Å². The van der Waals surface area contributed by atoms with Gasteiger partial charge in [0.05, 0.1) is 0 Å². The number of benzene rings is 1. The smallest absolute Gasteiger partial charge is 0.309 e. The van der Waals surface area contributed by atoms with Crippen LogP contribution in [0.25, 0.3) is 0 Å². The minimum atomic E-state index is -3.50. The molecule has 2 atom stereocenters. The largest absolute Gasteiger partial charge is 0.374 e. The second-order valence-electron chi connectivity index (χ2n) is 3.41. The molecule has 0 saturated carbocycles. The summed E-state index contributed by atoms with van der Waals surface area (Å²) in [7, 11) is -2.20. The Kier molecular flexibility index (Phi) is 4.97. The highest BCUT2D eigenvalue weighted by molar-refractivity contribution is 9.09. The molecule has 0 aliphatic heterocycles. The third-order valence-electron chi connectivity index (χ3n) is 2.43. The van der Waals surface area contributed by atoms with Crippen molar-refractivity contribution in [3.05, 3.63) is 35.9 Å². The lowest BCUT2D eigenvalue weighted by atomic mass is 10.1. The van der Waals surface area contributed by atoms with Crippen molar-refractivity contribution in [3.63, 3.8) is 0 Å². The average Bonchev–Trinajstić information content (AvgIpc) is 2.38. The molecule has 1 N–H and O–H groups in total. The van der Waals surface area contributed by atoms with Gasteiger partial charge in [-0.05, 0) is 18.1 Å². The topological polar surface area (TPSA) is 46.5 Å². The molecule has 0 heterocycles. The Morgan fingerprint density at radius 3 is 2.47 bits per heavy atom. The van der Waals surface area contributed by atoms with Crippen LogP contribution < -0.4 is 0 Å². The Labute approximate surface area is 110 Å². The molecule has 0 spiro atoms. The van der Waals surface area contributed by atoms with E-state index in [9.17, 15) is 9.67 Å². The first kappa shape index (κ1) is 14.5. The van der Waals surface area contributed by atoms with E-state index >= 15 is 0 Å². The van der Waals surface area contributed by atoms with Gasteiger partial charge in [0.25, 0.3) is 0 Å². The standard InChI is InChI=1S/C12H14BrO3P/c1-3-9-17(15,16-2)12(14,10-13)11-7-5-4-6-8-11/h4-8,14H,10H2,1-2H3/t12-,17-/m0/s1. The van der Waals surface area contributed by atoms with Gasteiger partial charge in [0.2, 0.25) is 0 Å². The Morgan fingerprint density at radius 2 is 2.06 bits per heavy atom. The van der Waals surface area contributed by atoms with Gasteiger partial charge in [-0.25, -0.2) is 0 Å². The van der Waals surface area contributed by atoms with Gasteiger partial charge in [-0.1, -0.05) is 52.2 Å². The number of hydrogen-bond donors (Lipinski definition) is 1. The summed E-state index contributed by atoms with van der Waals surface area (Å²) < 4.78 is 17.6. The summed E-state index contributed by atoms with van der Waals surface area (Å²) in [5.74, 6) is 2.55. The quantitative estimate of drug-likeness (QED) is 0.527. The number of rotatable bonds is 4. The first-order valence-corrected chi connectivity index (χ1v) is 7.72. The Bertz CT molecular complexity index is 478. The van der Waals surface area contributed by atoms with Crippen molar-refractivity contribution in [3.8, 4) is 11.6 Å². The number of halogens is 1. The van der Waals surface area contributed by atoms with Gasteiger partial charge >= 0.3 is 7.37 Å². The van der Waals surface area contributed by atoms with Gasteiger partial charge in [-0.15, -0.1) is 0 Å². The molecule has 0 amide bonds. The van der Waals surface area contributed by atoms with Gasteiger partial charge in [0, 0.05) is 12.4 Å².